The summed E-state index contributed by atoms with van der Waals surface area (Å²) in [5, 5.41) is 2.44. The highest BCUT2D eigenvalue weighted by Crippen LogP contribution is 2.25. The Morgan fingerprint density at radius 3 is 2.58 bits per heavy atom. The molecule has 2 rings (SSSR count). The molecule has 0 fully saturated rings. The first-order chi connectivity index (χ1) is 9.06. The lowest BCUT2D eigenvalue weighted by Gasteiger charge is -2.10. The summed E-state index contributed by atoms with van der Waals surface area (Å²) in [4.78, 5) is 3.98. The molecule has 1 aromatic carbocycles. The van der Waals surface area contributed by atoms with Crippen molar-refractivity contribution in [3.8, 4) is 5.75 Å². The molecule has 2 aromatic rings. The van der Waals surface area contributed by atoms with Crippen LogP contribution < -0.4 is 10.5 Å². The SMILES string of the molecule is CC(N)Cc1cc(F)c(OCc2nccs2)c(F)c1. The standard InChI is InChI=1S/C13H14F2N2OS/c1-8(16)4-9-5-10(14)13(11(15)6-9)18-7-12-17-2-3-19-12/h2-3,5-6,8H,4,7,16H2,1H3. The third kappa shape index (κ3) is 3.71. The number of hydrogen-bond acceptors (Lipinski definition) is 4. The largest absolute Gasteiger partial charge is 0.480 e. The fraction of sp³-hybridized carbons (Fsp3) is 0.308. The van der Waals surface area contributed by atoms with Crippen molar-refractivity contribution in [2.24, 2.45) is 5.73 Å². The second kappa shape index (κ2) is 6.08. The summed E-state index contributed by atoms with van der Waals surface area (Å²) >= 11 is 1.37. The van der Waals surface area contributed by atoms with E-state index < -0.39 is 11.6 Å². The normalized spacial score (nSPS) is 12.4. The minimum Gasteiger partial charge on any atom is -0.480 e. The molecule has 102 valence electrons. The molecular weight excluding hydrogens is 270 g/mol. The van der Waals surface area contributed by atoms with Crippen LogP contribution in [0.25, 0.3) is 0 Å². The van der Waals surface area contributed by atoms with Gasteiger partial charge in [0.05, 0.1) is 0 Å². The summed E-state index contributed by atoms with van der Waals surface area (Å²) in [7, 11) is 0. The van der Waals surface area contributed by atoms with Crippen LogP contribution in [0, 0.1) is 11.6 Å². The number of hydrogen-bond donors (Lipinski definition) is 1. The lowest BCUT2D eigenvalue weighted by atomic mass is 10.1. The Morgan fingerprint density at radius 2 is 2.05 bits per heavy atom. The van der Waals surface area contributed by atoms with Crippen molar-refractivity contribution in [3.05, 3.63) is 45.9 Å². The van der Waals surface area contributed by atoms with Crippen LogP contribution in [0.1, 0.15) is 17.5 Å². The monoisotopic (exact) mass is 284 g/mol. The van der Waals surface area contributed by atoms with Crippen molar-refractivity contribution in [3.63, 3.8) is 0 Å². The summed E-state index contributed by atoms with van der Waals surface area (Å²) in [6.45, 7) is 1.83. The smallest absolute Gasteiger partial charge is 0.191 e. The number of halogens is 2. The first kappa shape index (κ1) is 13.9. The number of rotatable bonds is 5. The molecule has 0 aliphatic rings. The molecule has 0 aliphatic heterocycles. The molecule has 2 N–H and O–H groups in total. The zero-order valence-corrected chi connectivity index (χ0v) is 11.2. The van der Waals surface area contributed by atoms with E-state index in [9.17, 15) is 8.78 Å². The highest BCUT2D eigenvalue weighted by atomic mass is 32.1. The van der Waals surface area contributed by atoms with Crippen LogP contribution in [-0.2, 0) is 13.0 Å². The molecule has 3 nitrogen and oxygen atoms in total. The van der Waals surface area contributed by atoms with Crippen molar-refractivity contribution in [1.29, 1.82) is 0 Å². The molecule has 0 bridgehead atoms. The first-order valence-corrected chi connectivity index (χ1v) is 6.69. The van der Waals surface area contributed by atoms with Gasteiger partial charge >= 0.3 is 0 Å². The Bertz CT molecular complexity index is 521. The maximum absolute atomic E-state index is 13.8. The number of aromatic nitrogens is 1. The Kier molecular flexibility index (Phi) is 4.44. The van der Waals surface area contributed by atoms with E-state index in [2.05, 4.69) is 4.98 Å². The van der Waals surface area contributed by atoms with Gasteiger partial charge in [0.25, 0.3) is 0 Å². The maximum atomic E-state index is 13.8. The summed E-state index contributed by atoms with van der Waals surface area (Å²) in [6, 6.07) is 2.36. The molecule has 1 atom stereocenters. The number of nitrogens with two attached hydrogens (primary N) is 1. The van der Waals surface area contributed by atoms with Crippen LogP contribution in [-0.4, -0.2) is 11.0 Å². The molecule has 19 heavy (non-hydrogen) atoms. The van der Waals surface area contributed by atoms with Gasteiger partial charge < -0.3 is 10.5 Å². The van der Waals surface area contributed by atoms with Crippen LogP contribution in [0.15, 0.2) is 23.7 Å². The van der Waals surface area contributed by atoms with Crippen molar-refractivity contribution < 1.29 is 13.5 Å². The fourth-order valence-electron chi connectivity index (χ4n) is 1.70. The third-order valence-corrected chi connectivity index (χ3v) is 3.19. The second-order valence-electron chi connectivity index (χ2n) is 4.28. The van der Waals surface area contributed by atoms with Gasteiger partial charge in [0.1, 0.15) is 11.6 Å². The zero-order valence-electron chi connectivity index (χ0n) is 10.4. The molecule has 1 heterocycles. The van der Waals surface area contributed by atoms with Gasteiger partial charge in [-0.15, -0.1) is 11.3 Å². The molecule has 6 heteroatoms. The molecular formula is C13H14F2N2OS. The molecule has 0 amide bonds. The van der Waals surface area contributed by atoms with Crippen LogP contribution >= 0.6 is 11.3 Å². The average Bonchev–Trinajstić information content (AvgIpc) is 2.79. The van der Waals surface area contributed by atoms with E-state index in [4.69, 9.17) is 10.5 Å². The van der Waals surface area contributed by atoms with Gasteiger partial charge in [0.15, 0.2) is 17.4 Å². The van der Waals surface area contributed by atoms with E-state index in [1.165, 1.54) is 23.5 Å². The molecule has 0 saturated carbocycles. The Labute approximate surface area is 114 Å². The Hall–Kier alpha value is -1.53. The van der Waals surface area contributed by atoms with Crippen molar-refractivity contribution in [1.82, 2.24) is 4.98 Å². The zero-order chi connectivity index (χ0) is 13.8. The van der Waals surface area contributed by atoms with Gasteiger partial charge in [0, 0.05) is 17.6 Å². The summed E-state index contributed by atoms with van der Waals surface area (Å²) in [6.07, 6.45) is 2.03. The lowest BCUT2D eigenvalue weighted by molar-refractivity contribution is 0.273. The average molecular weight is 284 g/mol. The van der Waals surface area contributed by atoms with Gasteiger partial charge in [-0.1, -0.05) is 0 Å². The second-order valence-corrected chi connectivity index (χ2v) is 5.26. The van der Waals surface area contributed by atoms with Gasteiger partial charge in [-0.25, -0.2) is 13.8 Å². The highest BCUT2D eigenvalue weighted by molar-refractivity contribution is 7.09. The first-order valence-electron chi connectivity index (χ1n) is 5.81. The van der Waals surface area contributed by atoms with Crippen molar-refractivity contribution >= 4 is 11.3 Å². The van der Waals surface area contributed by atoms with Crippen molar-refractivity contribution in [2.45, 2.75) is 26.0 Å². The van der Waals surface area contributed by atoms with Crippen LogP contribution in [0.2, 0.25) is 0 Å². The number of thiazole rings is 1. The maximum Gasteiger partial charge on any atom is 0.191 e. The Balaban J connectivity index is 2.12. The highest BCUT2D eigenvalue weighted by Gasteiger charge is 2.14. The van der Waals surface area contributed by atoms with E-state index >= 15 is 0 Å². The minimum atomic E-state index is -0.716. The Morgan fingerprint density at radius 1 is 1.37 bits per heavy atom. The lowest BCUT2D eigenvalue weighted by Crippen LogP contribution is -2.18. The predicted octanol–water partition coefficient (Wildman–Crippen LogP) is 2.89. The molecule has 1 aromatic heterocycles. The van der Waals surface area contributed by atoms with E-state index in [1.54, 1.807) is 18.5 Å². The van der Waals surface area contributed by atoms with Gasteiger partial charge in [-0.05, 0) is 31.0 Å². The van der Waals surface area contributed by atoms with Crippen LogP contribution in [0.5, 0.6) is 5.75 Å². The molecule has 0 aliphatic carbocycles. The van der Waals surface area contributed by atoms with Gasteiger partial charge in [0.2, 0.25) is 0 Å². The quantitative estimate of drug-likeness (QED) is 0.918. The van der Waals surface area contributed by atoms with E-state index in [0.29, 0.717) is 17.0 Å². The van der Waals surface area contributed by atoms with Crippen LogP contribution in [0.3, 0.4) is 0 Å². The van der Waals surface area contributed by atoms with Crippen molar-refractivity contribution in [2.75, 3.05) is 0 Å². The minimum absolute atomic E-state index is 0.0537. The number of nitrogens with zero attached hydrogens (tertiary/aromatic N) is 1. The van der Waals surface area contributed by atoms with E-state index in [-0.39, 0.29) is 18.4 Å². The number of ether oxygens (including phenoxy) is 1. The third-order valence-electron chi connectivity index (χ3n) is 2.44. The molecule has 0 radical (unpaired) electrons. The number of benzene rings is 1. The fourth-order valence-corrected chi connectivity index (χ4v) is 2.23. The van der Waals surface area contributed by atoms with E-state index in [0.717, 1.165) is 0 Å². The van der Waals surface area contributed by atoms with E-state index in [1.807, 2.05) is 0 Å². The van der Waals surface area contributed by atoms with Gasteiger partial charge in [-0.2, -0.15) is 0 Å². The van der Waals surface area contributed by atoms with Gasteiger partial charge in [-0.3, -0.25) is 0 Å². The predicted molar refractivity (Wildman–Crippen MR) is 70.2 cm³/mol. The topological polar surface area (TPSA) is 48.1 Å². The van der Waals surface area contributed by atoms with Crippen LogP contribution in [0.4, 0.5) is 8.78 Å². The molecule has 1 unspecified atom stereocenters. The summed E-state index contributed by atoms with van der Waals surface area (Å²) in [5.41, 5.74) is 6.12. The summed E-state index contributed by atoms with van der Waals surface area (Å²) < 4.78 is 32.7. The molecule has 0 saturated heterocycles. The summed E-state index contributed by atoms with van der Waals surface area (Å²) in [5.74, 6) is -1.80. The molecule has 0 spiro atoms.